The number of aliphatic imine (C=N–C) groups is 2. The second kappa shape index (κ2) is 47.5. The Balaban J connectivity index is 1.12. The maximum Gasteiger partial charge on any atom is 0.243 e. The molecule has 22 heteroatoms. The van der Waals surface area contributed by atoms with Gasteiger partial charge in [0.1, 0.15) is 24.2 Å². The topological polar surface area (TPSA) is 338 Å². The largest absolute Gasteiger partial charge is 0.370 e. The van der Waals surface area contributed by atoms with Crippen molar-refractivity contribution >= 4 is 82.1 Å². The van der Waals surface area contributed by atoms with Crippen molar-refractivity contribution in [2.75, 3.05) is 24.8 Å². The Morgan fingerprint density at radius 1 is 0.351 bits per heavy atom. The highest BCUT2D eigenvalue weighted by Crippen LogP contribution is 2.15. The molecule has 0 aliphatic rings. The predicted molar refractivity (Wildman–Crippen MR) is 376 cm³/mol. The third kappa shape index (κ3) is 34.5. The maximum atomic E-state index is 14.1. The van der Waals surface area contributed by atoms with Crippen LogP contribution in [0.1, 0.15) is 151 Å². The van der Waals surface area contributed by atoms with Crippen molar-refractivity contribution in [3.8, 4) is 0 Å². The van der Waals surface area contributed by atoms with Gasteiger partial charge in [-0.05, 0) is 86.5 Å². The van der Waals surface area contributed by atoms with Crippen molar-refractivity contribution in [3.63, 3.8) is 0 Å². The highest BCUT2D eigenvalue weighted by atomic mass is 35.5. The van der Waals surface area contributed by atoms with E-state index in [1.165, 1.54) is 0 Å². The summed E-state index contributed by atoms with van der Waals surface area (Å²) in [5, 5.41) is 17.2. The number of nitrogens with zero attached hydrogens (tertiary/aromatic N) is 2. The SMILES string of the molecule is NC(N)=NCCCC(NC(=O)C(Cc1ccccc1)NC(=O)C(Cc1ccccc1)NC(=O)CCCCCCCCC=CC=CCCCCCCCCC(=O)NC(Cc1ccccc1)C(=O)NC(Cc1ccccc1)C(=O)NC(CCCN=C(N)N)C(=O)CCl)C(=O)CCl. The van der Waals surface area contributed by atoms with Gasteiger partial charge in [-0.1, -0.05) is 197 Å². The Bertz CT molecular complexity index is 2800. The number of allylic oxidation sites excluding steroid dienone is 4. The minimum Gasteiger partial charge on any atom is -0.370 e. The molecule has 0 saturated carbocycles. The molecule has 94 heavy (non-hydrogen) atoms. The monoisotopic (exact) mass is 1330 g/mol. The molecule has 6 unspecified atom stereocenters. The summed E-state index contributed by atoms with van der Waals surface area (Å²) in [5.41, 5.74) is 25.1. The van der Waals surface area contributed by atoms with Crippen LogP contribution in [0.5, 0.6) is 0 Å². The zero-order chi connectivity index (χ0) is 68.0. The molecule has 14 N–H and O–H groups in total. The van der Waals surface area contributed by atoms with Crippen molar-refractivity contribution in [2.24, 2.45) is 32.9 Å². The lowest BCUT2D eigenvalue weighted by Gasteiger charge is -2.25. The Morgan fingerprint density at radius 3 is 0.904 bits per heavy atom. The van der Waals surface area contributed by atoms with Gasteiger partial charge in [0.15, 0.2) is 23.5 Å². The number of hydrogen-bond acceptors (Lipinski definition) is 10. The van der Waals surface area contributed by atoms with E-state index in [-0.39, 0.29) is 112 Å². The molecule has 4 rings (SSSR count). The highest BCUT2D eigenvalue weighted by Gasteiger charge is 2.32. The van der Waals surface area contributed by atoms with E-state index in [2.05, 4.69) is 66.2 Å². The van der Waals surface area contributed by atoms with Gasteiger partial charge in [-0.15, -0.1) is 23.2 Å². The number of halogens is 2. The lowest BCUT2D eigenvalue weighted by Crippen LogP contribution is -2.57. The zero-order valence-electron chi connectivity index (χ0n) is 54.3. The third-order valence-corrected chi connectivity index (χ3v) is 16.2. The first-order valence-corrected chi connectivity index (χ1v) is 34.2. The van der Waals surface area contributed by atoms with Crippen LogP contribution < -0.4 is 54.8 Å². The van der Waals surface area contributed by atoms with E-state index in [0.29, 0.717) is 25.7 Å². The van der Waals surface area contributed by atoms with Gasteiger partial charge in [-0.2, -0.15) is 0 Å². The van der Waals surface area contributed by atoms with Crippen LogP contribution in [-0.2, 0) is 64.0 Å². The number of guanidine groups is 2. The molecule has 6 atom stereocenters. The summed E-state index contributed by atoms with van der Waals surface area (Å²) in [5.74, 6) is -4.22. The molecule has 0 radical (unpaired) electrons. The van der Waals surface area contributed by atoms with E-state index in [1.54, 1.807) is 0 Å². The van der Waals surface area contributed by atoms with E-state index >= 15 is 0 Å². The van der Waals surface area contributed by atoms with Gasteiger partial charge in [-0.25, -0.2) is 0 Å². The fourth-order valence-corrected chi connectivity index (χ4v) is 10.9. The molecule has 0 spiro atoms. The van der Waals surface area contributed by atoms with Crippen LogP contribution in [0.25, 0.3) is 0 Å². The quantitative estimate of drug-likeness (QED) is 0.00662. The average Bonchev–Trinajstić information content (AvgIpc) is 1.07. The number of nitrogens with one attached hydrogen (secondary N) is 6. The number of hydrogen-bond donors (Lipinski definition) is 10. The van der Waals surface area contributed by atoms with Gasteiger partial charge in [-0.3, -0.25) is 48.3 Å². The van der Waals surface area contributed by atoms with Crippen LogP contribution in [0.15, 0.2) is 156 Å². The van der Waals surface area contributed by atoms with Crippen molar-refractivity contribution in [2.45, 2.75) is 190 Å². The summed E-state index contributed by atoms with van der Waals surface area (Å²) in [6, 6.07) is 31.2. The number of carbonyl (C=O) groups excluding carboxylic acids is 8. The number of carbonyl (C=O) groups is 8. The number of ketones is 2. The molecule has 0 aliphatic carbocycles. The van der Waals surface area contributed by atoms with Crippen LogP contribution >= 0.6 is 23.2 Å². The zero-order valence-corrected chi connectivity index (χ0v) is 55.9. The van der Waals surface area contributed by atoms with Gasteiger partial charge in [0.05, 0.1) is 23.8 Å². The molecule has 0 saturated heterocycles. The number of benzene rings is 4. The summed E-state index contributed by atoms with van der Waals surface area (Å²) in [6.45, 7) is 0.515. The smallest absolute Gasteiger partial charge is 0.243 e. The van der Waals surface area contributed by atoms with Crippen LogP contribution in [0.2, 0.25) is 0 Å². The predicted octanol–water partition coefficient (Wildman–Crippen LogP) is 7.94. The van der Waals surface area contributed by atoms with Crippen LogP contribution in [0, 0.1) is 0 Å². The summed E-state index contributed by atoms with van der Waals surface area (Å²) < 4.78 is 0. The molecule has 4 aromatic carbocycles. The Hall–Kier alpha value is -8.36. The molecule has 510 valence electrons. The molecule has 0 aromatic heterocycles. The lowest BCUT2D eigenvalue weighted by atomic mass is 10.0. The molecule has 0 heterocycles. The number of rotatable bonds is 49. The van der Waals surface area contributed by atoms with Gasteiger partial charge < -0.3 is 54.8 Å². The fraction of sp³-hybridized carbons (Fsp3) is 0.472. The standard InChI is InChI=1S/C72H100Cl2N12O8/c73-51-63(87)57(41-31-45-79-71(75)76)83-69(93)61(49-55-37-25-19-26-38-55)85-67(91)59(47-53-33-21-17-22-34-53)81-65(89)43-29-15-13-11-9-7-5-3-1-2-4-6-8-10-12-14-16-30-44-66(90)82-60(48-54-35-23-18-24-36-54)68(92)86-62(50-56-39-27-20-28-40-56)70(94)84-58(64(88)52-74)42-32-46-80-72(77)78/h1-4,17-28,33-40,57-62H,5-16,29-32,41-52H2,(H,81,89)(H,82,90)(H,83,93)(H,84,94)(H,85,91)(H,86,92)(H4,75,76,79)(H4,77,78,80). The molecule has 6 amide bonds. The van der Waals surface area contributed by atoms with Crippen molar-refractivity contribution in [3.05, 3.63) is 168 Å². The first-order chi connectivity index (χ1) is 45.5. The molecular weight excluding hydrogens is 1230 g/mol. The van der Waals surface area contributed by atoms with Gasteiger partial charge in [0, 0.05) is 51.6 Å². The molecule has 20 nitrogen and oxygen atoms in total. The van der Waals surface area contributed by atoms with Gasteiger partial charge in [0.2, 0.25) is 35.4 Å². The number of nitrogens with two attached hydrogens (primary N) is 4. The van der Waals surface area contributed by atoms with Crippen LogP contribution in [0.4, 0.5) is 0 Å². The summed E-state index contributed by atoms with van der Waals surface area (Å²) >= 11 is 11.8. The molecule has 0 bridgehead atoms. The Morgan fingerprint density at radius 2 is 0.617 bits per heavy atom. The third-order valence-electron chi connectivity index (χ3n) is 15.7. The van der Waals surface area contributed by atoms with E-state index in [0.717, 1.165) is 99.3 Å². The molecular formula is C72H100Cl2N12O8. The first-order valence-electron chi connectivity index (χ1n) is 33.1. The van der Waals surface area contributed by atoms with Crippen LogP contribution in [-0.4, -0.2) is 120 Å². The number of alkyl halides is 2. The minimum atomic E-state index is -1.07. The van der Waals surface area contributed by atoms with Crippen molar-refractivity contribution in [1.29, 1.82) is 0 Å². The molecule has 0 aliphatic heterocycles. The molecule has 4 aromatic rings. The highest BCUT2D eigenvalue weighted by molar-refractivity contribution is 6.29. The lowest BCUT2D eigenvalue weighted by molar-refractivity contribution is -0.133. The number of Topliss-reactive ketones (excluding diaryl/α,β-unsaturated/α-hetero) is 2. The molecule has 0 fully saturated rings. The second-order valence-corrected chi connectivity index (χ2v) is 24.1. The number of unbranched alkanes of at least 4 members (excludes halogenated alkanes) is 12. The minimum absolute atomic E-state index is 0.0802. The van der Waals surface area contributed by atoms with E-state index in [1.807, 2.05) is 121 Å². The van der Waals surface area contributed by atoms with Gasteiger partial charge >= 0.3 is 0 Å². The number of amides is 6. The summed E-state index contributed by atoms with van der Waals surface area (Å²) in [6.07, 6.45) is 24.6. The van der Waals surface area contributed by atoms with Crippen LogP contribution in [0.3, 0.4) is 0 Å². The first kappa shape index (κ1) is 78.1. The fourth-order valence-electron chi connectivity index (χ4n) is 10.5. The van der Waals surface area contributed by atoms with E-state index < -0.39 is 59.9 Å². The second-order valence-electron chi connectivity index (χ2n) is 23.5. The summed E-state index contributed by atoms with van der Waals surface area (Å²) in [7, 11) is 0. The normalized spacial score (nSPS) is 13.1. The van der Waals surface area contributed by atoms with Crippen molar-refractivity contribution < 1.29 is 38.4 Å². The summed E-state index contributed by atoms with van der Waals surface area (Å²) in [4.78, 5) is 116. The maximum absolute atomic E-state index is 14.1. The van der Waals surface area contributed by atoms with E-state index in [9.17, 15) is 38.4 Å². The Labute approximate surface area is 565 Å². The van der Waals surface area contributed by atoms with E-state index in [4.69, 9.17) is 46.1 Å². The van der Waals surface area contributed by atoms with Gasteiger partial charge in [0.25, 0.3) is 0 Å². The average molecular weight is 1330 g/mol. The van der Waals surface area contributed by atoms with Crippen molar-refractivity contribution in [1.82, 2.24) is 31.9 Å². The Kier molecular flexibility index (Phi) is 39.5.